The number of fused-ring (bicyclic) bond motifs is 9. The van der Waals surface area contributed by atoms with Crippen molar-refractivity contribution < 1.29 is 0 Å². The van der Waals surface area contributed by atoms with Crippen molar-refractivity contribution in [3.05, 3.63) is 186 Å². The molecule has 0 bridgehead atoms. The first-order valence-electron chi connectivity index (χ1n) is 18.1. The summed E-state index contributed by atoms with van der Waals surface area (Å²) in [6.45, 7) is 2.38. The molecular formula is C49H34N2S. The predicted octanol–water partition coefficient (Wildman–Crippen LogP) is 13.3. The van der Waals surface area contributed by atoms with E-state index in [0.29, 0.717) is 0 Å². The third kappa shape index (κ3) is 4.36. The molecule has 0 radical (unpaired) electrons. The average Bonchev–Trinajstić information content (AvgIpc) is 3.85. The molecule has 0 fully saturated rings. The number of aromatic nitrogens is 2. The van der Waals surface area contributed by atoms with Gasteiger partial charge in [-0.3, -0.25) is 0 Å². The van der Waals surface area contributed by atoms with E-state index in [2.05, 4.69) is 192 Å². The lowest BCUT2D eigenvalue weighted by Gasteiger charge is -2.30. The van der Waals surface area contributed by atoms with Crippen molar-refractivity contribution in [1.82, 2.24) is 9.13 Å². The summed E-state index contributed by atoms with van der Waals surface area (Å²) in [6, 6.07) is 60.3. The van der Waals surface area contributed by atoms with Gasteiger partial charge in [0.15, 0.2) is 0 Å². The zero-order valence-corrected chi connectivity index (χ0v) is 29.6. The molecule has 3 aromatic heterocycles. The van der Waals surface area contributed by atoms with Crippen molar-refractivity contribution in [2.24, 2.45) is 0 Å². The molecule has 7 aromatic carbocycles. The van der Waals surface area contributed by atoms with Gasteiger partial charge in [0.05, 0.1) is 22.1 Å². The Balaban J connectivity index is 1.01. The molecule has 1 atom stereocenters. The summed E-state index contributed by atoms with van der Waals surface area (Å²) in [5, 5.41) is 6.47. The maximum absolute atomic E-state index is 2.43. The topological polar surface area (TPSA) is 9.86 Å². The second-order valence-electron chi connectivity index (χ2n) is 14.4. The van der Waals surface area contributed by atoms with Gasteiger partial charge < -0.3 is 9.13 Å². The summed E-state index contributed by atoms with van der Waals surface area (Å²) in [5.74, 6) is 0. The van der Waals surface area contributed by atoms with E-state index >= 15 is 0 Å². The van der Waals surface area contributed by atoms with Crippen LogP contribution in [0.25, 0.3) is 82.3 Å². The van der Waals surface area contributed by atoms with E-state index in [1.54, 1.807) is 0 Å². The lowest BCUT2D eigenvalue weighted by Crippen LogP contribution is -2.24. The van der Waals surface area contributed by atoms with E-state index in [1.807, 2.05) is 11.3 Å². The molecule has 0 amide bonds. The Morgan fingerprint density at radius 3 is 1.85 bits per heavy atom. The SMILES string of the molecule is CC1(c2ccc(-n3c4ccccc4c4cc(-c5ccc6c7ccccc7n(-c7ccccc7)c6c5)ccc43)cc2)C=Cc2sc3ccccc3c2C1. The van der Waals surface area contributed by atoms with Gasteiger partial charge in [-0.25, -0.2) is 0 Å². The first-order valence-corrected chi connectivity index (χ1v) is 18.9. The second kappa shape index (κ2) is 11.2. The summed E-state index contributed by atoms with van der Waals surface area (Å²) in [4.78, 5) is 1.40. The number of hydrogen-bond acceptors (Lipinski definition) is 1. The zero-order valence-electron chi connectivity index (χ0n) is 28.8. The Hall–Kier alpha value is -6.16. The standard InChI is InChI=1S/C49H34N2S/c1-49(28-27-48-42(31-49)40-15-7-10-18-47(40)52-48)34-21-23-36(24-22-34)50-44-17-9-6-14-38(44)41-29-32(20-26-45(41)50)33-19-25-39-37-13-5-8-16-43(37)51(46(39)30-33)35-11-3-2-4-12-35/h2-30H,31H2,1H3. The minimum atomic E-state index is -0.0571. The Labute approximate surface area is 306 Å². The second-order valence-corrected chi connectivity index (χ2v) is 15.5. The molecule has 0 saturated heterocycles. The highest BCUT2D eigenvalue weighted by molar-refractivity contribution is 7.20. The van der Waals surface area contributed by atoms with E-state index in [1.165, 1.54) is 92.2 Å². The molecule has 52 heavy (non-hydrogen) atoms. The van der Waals surface area contributed by atoms with Crippen molar-refractivity contribution in [3.63, 3.8) is 0 Å². The Morgan fingerprint density at radius 1 is 0.481 bits per heavy atom. The average molecular weight is 683 g/mol. The number of nitrogens with zero attached hydrogens (tertiary/aromatic N) is 2. The van der Waals surface area contributed by atoms with Crippen LogP contribution in [0.5, 0.6) is 0 Å². The number of benzene rings is 7. The van der Waals surface area contributed by atoms with Crippen molar-refractivity contribution in [2.75, 3.05) is 0 Å². The first kappa shape index (κ1) is 29.6. The third-order valence-corrected chi connectivity index (χ3v) is 12.5. The molecule has 3 heteroatoms. The quantitative estimate of drug-likeness (QED) is 0.175. The lowest BCUT2D eigenvalue weighted by molar-refractivity contribution is 0.591. The van der Waals surface area contributed by atoms with Crippen LogP contribution in [0.3, 0.4) is 0 Å². The molecule has 10 aromatic rings. The van der Waals surface area contributed by atoms with E-state index in [9.17, 15) is 0 Å². The van der Waals surface area contributed by atoms with E-state index in [-0.39, 0.29) is 5.41 Å². The molecular weight excluding hydrogens is 649 g/mol. The fraction of sp³-hybridized carbons (Fsp3) is 0.0612. The molecule has 1 aliphatic rings. The van der Waals surface area contributed by atoms with E-state index in [4.69, 9.17) is 0 Å². The molecule has 1 unspecified atom stereocenters. The van der Waals surface area contributed by atoms with Crippen LogP contribution in [-0.4, -0.2) is 9.13 Å². The van der Waals surface area contributed by atoms with Crippen LogP contribution in [0.1, 0.15) is 22.9 Å². The summed E-state index contributed by atoms with van der Waals surface area (Å²) in [6.07, 6.45) is 5.78. The summed E-state index contributed by atoms with van der Waals surface area (Å²) in [7, 11) is 0. The monoisotopic (exact) mass is 682 g/mol. The van der Waals surface area contributed by atoms with Crippen LogP contribution in [0, 0.1) is 0 Å². The van der Waals surface area contributed by atoms with Crippen LogP contribution < -0.4 is 0 Å². The highest BCUT2D eigenvalue weighted by atomic mass is 32.1. The molecule has 2 nitrogen and oxygen atoms in total. The van der Waals surface area contributed by atoms with E-state index < -0.39 is 0 Å². The van der Waals surface area contributed by atoms with Crippen LogP contribution in [0.2, 0.25) is 0 Å². The summed E-state index contributed by atoms with van der Waals surface area (Å²) in [5.41, 5.74) is 12.4. The third-order valence-electron chi connectivity index (χ3n) is 11.4. The van der Waals surface area contributed by atoms with Crippen molar-refractivity contribution in [3.8, 4) is 22.5 Å². The summed E-state index contributed by atoms with van der Waals surface area (Å²) < 4.78 is 6.20. The van der Waals surface area contributed by atoms with Gasteiger partial charge in [-0.15, -0.1) is 11.3 Å². The molecule has 0 spiro atoms. The molecule has 11 rings (SSSR count). The Kier molecular flexibility index (Phi) is 6.35. The largest absolute Gasteiger partial charge is 0.309 e. The number of para-hydroxylation sites is 3. The van der Waals surface area contributed by atoms with Gasteiger partial charge in [-0.1, -0.05) is 116 Å². The fourth-order valence-electron chi connectivity index (χ4n) is 8.75. The summed E-state index contributed by atoms with van der Waals surface area (Å²) >= 11 is 1.91. The molecule has 3 heterocycles. The number of allylic oxidation sites excluding steroid dienone is 1. The van der Waals surface area contributed by atoms with Gasteiger partial charge in [0.1, 0.15) is 0 Å². The minimum absolute atomic E-state index is 0.0571. The number of rotatable bonds is 4. The van der Waals surface area contributed by atoms with Crippen LogP contribution in [-0.2, 0) is 11.8 Å². The fourth-order valence-corrected chi connectivity index (χ4v) is 9.87. The van der Waals surface area contributed by atoms with Gasteiger partial charge >= 0.3 is 0 Å². The van der Waals surface area contributed by atoms with Crippen LogP contribution in [0.15, 0.2) is 170 Å². The van der Waals surface area contributed by atoms with Crippen LogP contribution >= 0.6 is 11.3 Å². The minimum Gasteiger partial charge on any atom is -0.309 e. The van der Waals surface area contributed by atoms with Crippen LogP contribution in [0.4, 0.5) is 0 Å². The van der Waals surface area contributed by atoms with Crippen molar-refractivity contribution in [1.29, 1.82) is 0 Å². The highest BCUT2D eigenvalue weighted by Crippen LogP contribution is 2.43. The molecule has 0 aliphatic heterocycles. The Morgan fingerprint density at radius 2 is 1.06 bits per heavy atom. The van der Waals surface area contributed by atoms with Gasteiger partial charge in [0, 0.05) is 47.9 Å². The number of thiophene rings is 1. The maximum atomic E-state index is 2.43. The molecule has 0 N–H and O–H groups in total. The van der Waals surface area contributed by atoms with Gasteiger partial charge in [0.2, 0.25) is 0 Å². The highest BCUT2D eigenvalue weighted by Gasteiger charge is 2.30. The van der Waals surface area contributed by atoms with Gasteiger partial charge in [-0.05, 0) is 101 Å². The Bertz CT molecular complexity index is 3050. The lowest BCUT2D eigenvalue weighted by atomic mass is 9.74. The van der Waals surface area contributed by atoms with Crippen molar-refractivity contribution in [2.45, 2.75) is 18.8 Å². The normalized spacial score (nSPS) is 15.7. The zero-order chi connectivity index (χ0) is 34.4. The first-order chi connectivity index (χ1) is 25.6. The maximum Gasteiger partial charge on any atom is 0.0547 e. The molecule has 1 aliphatic carbocycles. The molecule has 0 saturated carbocycles. The molecule has 246 valence electrons. The van der Waals surface area contributed by atoms with Gasteiger partial charge in [-0.2, -0.15) is 0 Å². The van der Waals surface area contributed by atoms with Gasteiger partial charge in [0.25, 0.3) is 0 Å². The van der Waals surface area contributed by atoms with Crippen molar-refractivity contribution >= 4 is 71.1 Å². The number of hydrogen-bond donors (Lipinski definition) is 0. The smallest absolute Gasteiger partial charge is 0.0547 e. The predicted molar refractivity (Wildman–Crippen MR) is 222 cm³/mol. The van der Waals surface area contributed by atoms with E-state index in [0.717, 1.165) is 6.42 Å².